The zero-order chi connectivity index (χ0) is 34.5. The summed E-state index contributed by atoms with van der Waals surface area (Å²) in [4.78, 5) is 37.0. The fourth-order valence-corrected chi connectivity index (χ4v) is 5.48. The van der Waals surface area contributed by atoms with E-state index in [0.717, 1.165) is 38.5 Å². The monoisotopic (exact) mass is 671 g/mol. The third-order valence-corrected chi connectivity index (χ3v) is 8.42. The molecule has 0 heterocycles. The molecule has 0 radical (unpaired) electrons. The van der Waals surface area contributed by atoms with Gasteiger partial charge in [0.05, 0.1) is 13.2 Å². The molecule has 0 aliphatic rings. The van der Waals surface area contributed by atoms with Gasteiger partial charge in [-0.3, -0.25) is 9.59 Å². The lowest BCUT2D eigenvalue weighted by molar-refractivity contribution is -0.168. The van der Waals surface area contributed by atoms with Gasteiger partial charge in [0, 0.05) is 19.4 Å². The first kappa shape index (κ1) is 45.3. The smallest absolute Gasteiger partial charge is 0.332 e. The zero-order valence-corrected chi connectivity index (χ0v) is 31.0. The standard InChI is InChI=1S/C39H74O8/c1-4-7-9-11-13-15-17-19-21-23-25-27-29-37(40)45-33-36(34-46-39(42)35-44-32-31-43-6-3)47-38(41)30-28-26-24-22-20-18-16-14-12-10-8-5-2/h36H,4-35H2,1-3H3. The molecule has 0 aromatic heterocycles. The molecule has 0 aliphatic carbocycles. The highest BCUT2D eigenvalue weighted by atomic mass is 16.6. The lowest BCUT2D eigenvalue weighted by Gasteiger charge is -2.18. The maximum atomic E-state index is 12.6. The van der Waals surface area contributed by atoms with E-state index in [2.05, 4.69) is 13.8 Å². The second-order valence-corrected chi connectivity index (χ2v) is 13.0. The molecule has 0 saturated heterocycles. The molecule has 278 valence electrons. The molecule has 0 bridgehead atoms. The second kappa shape index (κ2) is 37.2. The maximum absolute atomic E-state index is 12.6. The van der Waals surface area contributed by atoms with Crippen molar-refractivity contribution in [3.8, 4) is 0 Å². The predicted octanol–water partition coefficient (Wildman–Crippen LogP) is 10.2. The quantitative estimate of drug-likeness (QED) is 0.0366. The van der Waals surface area contributed by atoms with E-state index in [1.165, 1.54) is 116 Å². The lowest BCUT2D eigenvalue weighted by Crippen LogP contribution is -2.31. The van der Waals surface area contributed by atoms with Crippen LogP contribution in [0.3, 0.4) is 0 Å². The van der Waals surface area contributed by atoms with Crippen molar-refractivity contribution < 1.29 is 38.1 Å². The SMILES string of the molecule is CCCCCCCCCCCCCCC(=O)OCC(COC(=O)COCCOCC)OC(=O)CCCCCCCCCCCCCC. The third-order valence-electron chi connectivity index (χ3n) is 8.42. The lowest BCUT2D eigenvalue weighted by atomic mass is 10.0. The van der Waals surface area contributed by atoms with Gasteiger partial charge >= 0.3 is 17.9 Å². The molecule has 0 rings (SSSR count). The van der Waals surface area contributed by atoms with Crippen LogP contribution in [0.15, 0.2) is 0 Å². The maximum Gasteiger partial charge on any atom is 0.332 e. The molecule has 0 fully saturated rings. The van der Waals surface area contributed by atoms with Gasteiger partial charge in [-0.2, -0.15) is 0 Å². The first-order valence-corrected chi connectivity index (χ1v) is 19.7. The minimum atomic E-state index is -0.835. The van der Waals surface area contributed by atoms with Crippen molar-refractivity contribution in [1.82, 2.24) is 0 Å². The van der Waals surface area contributed by atoms with E-state index in [0.29, 0.717) is 26.1 Å². The molecule has 8 nitrogen and oxygen atoms in total. The molecule has 1 unspecified atom stereocenters. The van der Waals surface area contributed by atoms with E-state index in [4.69, 9.17) is 23.7 Å². The number of carbonyl (C=O) groups excluding carboxylic acids is 3. The van der Waals surface area contributed by atoms with E-state index in [1.807, 2.05) is 6.92 Å². The second-order valence-electron chi connectivity index (χ2n) is 13.0. The third kappa shape index (κ3) is 35.5. The van der Waals surface area contributed by atoms with E-state index < -0.39 is 12.1 Å². The summed E-state index contributed by atoms with van der Waals surface area (Å²) in [7, 11) is 0. The van der Waals surface area contributed by atoms with Crippen LogP contribution in [0.1, 0.15) is 188 Å². The highest BCUT2D eigenvalue weighted by Crippen LogP contribution is 2.14. The number of esters is 3. The summed E-state index contributed by atoms with van der Waals surface area (Å²) in [5, 5.41) is 0. The number of ether oxygens (including phenoxy) is 5. The Balaban J connectivity index is 4.24. The van der Waals surface area contributed by atoms with Crippen LogP contribution in [0.5, 0.6) is 0 Å². The van der Waals surface area contributed by atoms with Crippen LogP contribution < -0.4 is 0 Å². The number of rotatable bonds is 37. The molecule has 0 aromatic rings. The fourth-order valence-electron chi connectivity index (χ4n) is 5.48. The Morgan fingerprint density at radius 3 is 1.21 bits per heavy atom. The Hall–Kier alpha value is -1.67. The molecule has 0 aromatic carbocycles. The number of hydrogen-bond acceptors (Lipinski definition) is 8. The van der Waals surface area contributed by atoms with Crippen LogP contribution in [-0.2, 0) is 38.1 Å². The van der Waals surface area contributed by atoms with Gasteiger partial charge in [-0.05, 0) is 19.8 Å². The van der Waals surface area contributed by atoms with E-state index in [1.54, 1.807) is 0 Å². The van der Waals surface area contributed by atoms with Crippen molar-refractivity contribution >= 4 is 17.9 Å². The highest BCUT2D eigenvalue weighted by molar-refractivity contribution is 5.71. The van der Waals surface area contributed by atoms with Gasteiger partial charge in [-0.25, -0.2) is 4.79 Å². The summed E-state index contributed by atoms with van der Waals surface area (Å²) in [6, 6.07) is 0. The summed E-state index contributed by atoms with van der Waals surface area (Å²) in [6.45, 7) is 7.14. The molecule has 47 heavy (non-hydrogen) atoms. The van der Waals surface area contributed by atoms with Gasteiger partial charge in [0.25, 0.3) is 0 Å². The molecular formula is C39H74O8. The number of unbranched alkanes of at least 4 members (excludes halogenated alkanes) is 22. The molecule has 1 atom stereocenters. The predicted molar refractivity (Wildman–Crippen MR) is 190 cm³/mol. The highest BCUT2D eigenvalue weighted by Gasteiger charge is 2.19. The van der Waals surface area contributed by atoms with Crippen LogP contribution in [0, 0.1) is 0 Å². The van der Waals surface area contributed by atoms with Crippen LogP contribution >= 0.6 is 0 Å². The van der Waals surface area contributed by atoms with E-state index >= 15 is 0 Å². The van der Waals surface area contributed by atoms with Crippen molar-refractivity contribution in [2.75, 3.05) is 39.6 Å². The molecule has 8 heteroatoms. The van der Waals surface area contributed by atoms with Crippen molar-refractivity contribution in [3.63, 3.8) is 0 Å². The average Bonchev–Trinajstić information content (AvgIpc) is 3.06. The minimum absolute atomic E-state index is 0.125. The summed E-state index contributed by atoms with van der Waals surface area (Å²) in [5.41, 5.74) is 0. The minimum Gasteiger partial charge on any atom is -0.462 e. The van der Waals surface area contributed by atoms with E-state index in [-0.39, 0.29) is 38.4 Å². The molecule has 0 N–H and O–H groups in total. The number of hydrogen-bond donors (Lipinski definition) is 0. The van der Waals surface area contributed by atoms with Crippen LogP contribution in [-0.4, -0.2) is 63.7 Å². The van der Waals surface area contributed by atoms with Gasteiger partial charge in [0.15, 0.2) is 6.10 Å². The Bertz CT molecular complexity index is 698. The van der Waals surface area contributed by atoms with Gasteiger partial charge < -0.3 is 23.7 Å². The Labute approximate surface area is 289 Å². The zero-order valence-electron chi connectivity index (χ0n) is 31.0. The van der Waals surface area contributed by atoms with Crippen molar-refractivity contribution in [1.29, 1.82) is 0 Å². The van der Waals surface area contributed by atoms with Crippen LogP contribution in [0.2, 0.25) is 0 Å². The first-order chi connectivity index (χ1) is 23.0. The largest absolute Gasteiger partial charge is 0.462 e. The van der Waals surface area contributed by atoms with Crippen LogP contribution in [0.4, 0.5) is 0 Å². The Kier molecular flexibility index (Phi) is 35.8. The molecule has 0 aliphatic heterocycles. The van der Waals surface area contributed by atoms with Crippen molar-refractivity contribution in [2.45, 2.75) is 194 Å². The van der Waals surface area contributed by atoms with Crippen molar-refractivity contribution in [3.05, 3.63) is 0 Å². The average molecular weight is 671 g/mol. The van der Waals surface area contributed by atoms with Crippen LogP contribution in [0.25, 0.3) is 0 Å². The molecule has 0 saturated carbocycles. The molecular weight excluding hydrogens is 596 g/mol. The summed E-state index contributed by atoms with van der Waals surface area (Å²) in [6.07, 6.45) is 29.2. The van der Waals surface area contributed by atoms with Gasteiger partial charge in [-0.1, -0.05) is 155 Å². The normalized spacial score (nSPS) is 11.8. The topological polar surface area (TPSA) is 97.4 Å². The summed E-state index contributed by atoms with van der Waals surface area (Å²) < 4.78 is 26.7. The first-order valence-electron chi connectivity index (χ1n) is 19.7. The van der Waals surface area contributed by atoms with E-state index in [9.17, 15) is 14.4 Å². The summed E-state index contributed by atoms with van der Waals surface area (Å²) in [5.74, 6) is -1.24. The summed E-state index contributed by atoms with van der Waals surface area (Å²) >= 11 is 0. The Morgan fingerprint density at radius 1 is 0.426 bits per heavy atom. The van der Waals surface area contributed by atoms with Gasteiger partial charge in [-0.15, -0.1) is 0 Å². The Morgan fingerprint density at radius 2 is 0.787 bits per heavy atom. The number of carbonyl (C=O) groups is 3. The van der Waals surface area contributed by atoms with Crippen molar-refractivity contribution in [2.24, 2.45) is 0 Å². The fraction of sp³-hybridized carbons (Fsp3) is 0.923. The van der Waals surface area contributed by atoms with Gasteiger partial charge in [0.2, 0.25) is 0 Å². The molecule has 0 spiro atoms. The molecule has 0 amide bonds. The van der Waals surface area contributed by atoms with Gasteiger partial charge in [0.1, 0.15) is 19.8 Å².